The fourth-order valence-electron chi connectivity index (χ4n) is 2.92. The maximum atomic E-state index is 6.01. The predicted molar refractivity (Wildman–Crippen MR) is 104 cm³/mol. The highest BCUT2D eigenvalue weighted by molar-refractivity contribution is 6.30. The van der Waals surface area contributed by atoms with Gasteiger partial charge in [0.2, 0.25) is 0 Å². The smallest absolute Gasteiger partial charge is 0.0576 e. The molecule has 0 heterocycles. The van der Waals surface area contributed by atoms with Gasteiger partial charge in [0.25, 0.3) is 0 Å². The molecule has 0 aromatic heterocycles. The fraction of sp³-hybridized carbons (Fsp3) is 0. The van der Waals surface area contributed by atoms with E-state index >= 15 is 0 Å². The summed E-state index contributed by atoms with van der Waals surface area (Å²) in [7, 11) is 0. The number of anilines is 1. The van der Waals surface area contributed by atoms with Gasteiger partial charge in [-0.05, 0) is 45.8 Å². The Morgan fingerprint density at radius 2 is 1.42 bits per heavy atom. The zero-order valence-electron chi connectivity index (χ0n) is 12.9. The minimum absolute atomic E-state index is 0.686. The van der Waals surface area contributed by atoms with Gasteiger partial charge < -0.3 is 0 Å². The average Bonchev–Trinajstić information content (AvgIpc) is 2.61. The number of rotatable bonds is 3. The van der Waals surface area contributed by atoms with Crippen molar-refractivity contribution in [2.24, 2.45) is 5.10 Å². The molecule has 0 aliphatic carbocycles. The first-order valence-corrected chi connectivity index (χ1v) is 8.14. The van der Waals surface area contributed by atoms with Gasteiger partial charge >= 0.3 is 0 Å². The van der Waals surface area contributed by atoms with Crippen molar-refractivity contribution in [3.63, 3.8) is 0 Å². The van der Waals surface area contributed by atoms with Crippen LogP contribution < -0.4 is 5.43 Å². The van der Waals surface area contributed by atoms with Crippen LogP contribution in [-0.2, 0) is 0 Å². The third-order valence-electron chi connectivity index (χ3n) is 4.02. The van der Waals surface area contributed by atoms with Crippen LogP contribution >= 0.6 is 11.6 Å². The van der Waals surface area contributed by atoms with Crippen LogP contribution in [0.3, 0.4) is 0 Å². The molecular weight excluding hydrogens is 316 g/mol. The molecule has 0 saturated heterocycles. The Morgan fingerprint density at radius 1 is 0.750 bits per heavy atom. The molecule has 4 aromatic rings. The molecule has 0 fully saturated rings. The minimum atomic E-state index is 0.686. The van der Waals surface area contributed by atoms with E-state index in [0.29, 0.717) is 5.02 Å². The topological polar surface area (TPSA) is 24.4 Å². The molecule has 0 aliphatic rings. The van der Waals surface area contributed by atoms with Crippen molar-refractivity contribution in [3.8, 4) is 0 Å². The van der Waals surface area contributed by atoms with Crippen LogP contribution in [0.5, 0.6) is 0 Å². The molecule has 4 rings (SSSR count). The van der Waals surface area contributed by atoms with E-state index in [9.17, 15) is 0 Å². The van der Waals surface area contributed by atoms with Crippen molar-refractivity contribution in [2.75, 3.05) is 5.43 Å². The molecule has 2 nitrogen and oxygen atoms in total. The van der Waals surface area contributed by atoms with E-state index in [4.69, 9.17) is 11.6 Å². The van der Waals surface area contributed by atoms with Crippen molar-refractivity contribution in [1.29, 1.82) is 0 Å². The van der Waals surface area contributed by atoms with Gasteiger partial charge in [-0.15, -0.1) is 0 Å². The van der Waals surface area contributed by atoms with Gasteiger partial charge in [0, 0.05) is 10.6 Å². The van der Waals surface area contributed by atoms with E-state index < -0.39 is 0 Å². The second kappa shape index (κ2) is 6.34. The van der Waals surface area contributed by atoms with E-state index in [1.807, 2.05) is 30.5 Å². The molecule has 0 saturated carbocycles. The lowest BCUT2D eigenvalue weighted by atomic mass is 9.97. The Morgan fingerprint density at radius 3 is 2.08 bits per heavy atom. The molecule has 0 aliphatic heterocycles. The van der Waals surface area contributed by atoms with Gasteiger partial charge in [-0.2, -0.15) is 5.10 Å². The molecule has 1 N–H and O–H groups in total. The largest absolute Gasteiger partial charge is 0.278 e. The first-order valence-electron chi connectivity index (χ1n) is 7.76. The summed E-state index contributed by atoms with van der Waals surface area (Å²) in [4.78, 5) is 0. The van der Waals surface area contributed by atoms with E-state index in [0.717, 1.165) is 11.3 Å². The van der Waals surface area contributed by atoms with Gasteiger partial charge in [0.1, 0.15) is 0 Å². The number of benzene rings is 4. The fourth-order valence-corrected chi connectivity index (χ4v) is 3.11. The maximum absolute atomic E-state index is 6.01. The molecule has 116 valence electrons. The second-order valence-corrected chi connectivity index (χ2v) is 6.05. The first-order chi connectivity index (χ1) is 11.8. The van der Waals surface area contributed by atoms with Crippen molar-refractivity contribution in [2.45, 2.75) is 0 Å². The summed E-state index contributed by atoms with van der Waals surface area (Å²) in [6.07, 6.45) is 1.88. The molecule has 0 bridgehead atoms. The number of hydrogen-bond donors (Lipinski definition) is 1. The summed E-state index contributed by atoms with van der Waals surface area (Å²) >= 11 is 6.01. The quantitative estimate of drug-likeness (QED) is 0.274. The Balaban J connectivity index is 1.80. The zero-order valence-corrected chi connectivity index (χ0v) is 13.7. The average molecular weight is 331 g/mol. The summed E-state index contributed by atoms with van der Waals surface area (Å²) < 4.78 is 0. The lowest BCUT2D eigenvalue weighted by Crippen LogP contribution is -1.93. The van der Waals surface area contributed by atoms with E-state index in [1.165, 1.54) is 21.5 Å². The van der Waals surface area contributed by atoms with Gasteiger partial charge in [0.15, 0.2) is 0 Å². The number of nitrogens with zero attached hydrogens (tertiary/aromatic N) is 1. The van der Waals surface area contributed by atoms with Crippen LogP contribution in [-0.4, -0.2) is 6.21 Å². The lowest BCUT2D eigenvalue weighted by Gasteiger charge is -2.08. The van der Waals surface area contributed by atoms with E-state index in [2.05, 4.69) is 65.1 Å². The van der Waals surface area contributed by atoms with Crippen LogP contribution in [0.25, 0.3) is 21.5 Å². The molecular formula is C21H15ClN2. The SMILES string of the molecule is Clc1cccc(N/N=C\c2c3ccccc3cc3ccccc23)c1. The highest BCUT2D eigenvalue weighted by Gasteiger charge is 2.05. The number of hydrogen-bond acceptors (Lipinski definition) is 2. The van der Waals surface area contributed by atoms with Gasteiger partial charge in [-0.3, -0.25) is 5.43 Å². The number of hydrazone groups is 1. The summed E-state index contributed by atoms with van der Waals surface area (Å²) in [6.45, 7) is 0. The van der Waals surface area contributed by atoms with Gasteiger partial charge in [-0.1, -0.05) is 66.2 Å². The number of fused-ring (bicyclic) bond motifs is 2. The lowest BCUT2D eigenvalue weighted by molar-refractivity contribution is 1.35. The number of nitrogens with one attached hydrogen (secondary N) is 1. The zero-order chi connectivity index (χ0) is 16.4. The van der Waals surface area contributed by atoms with Gasteiger partial charge in [-0.25, -0.2) is 0 Å². The first kappa shape index (κ1) is 14.7. The van der Waals surface area contributed by atoms with Crippen LogP contribution in [0.15, 0.2) is 84.0 Å². The highest BCUT2D eigenvalue weighted by Crippen LogP contribution is 2.27. The highest BCUT2D eigenvalue weighted by atomic mass is 35.5. The summed E-state index contributed by atoms with van der Waals surface area (Å²) in [6, 6.07) is 26.5. The third-order valence-corrected chi connectivity index (χ3v) is 4.26. The monoisotopic (exact) mass is 330 g/mol. The van der Waals surface area contributed by atoms with Crippen molar-refractivity contribution >= 4 is 45.0 Å². The summed E-state index contributed by atoms with van der Waals surface area (Å²) in [5.41, 5.74) is 5.02. The Hall–Kier alpha value is -2.84. The Kier molecular flexibility index (Phi) is 3.89. The van der Waals surface area contributed by atoms with Gasteiger partial charge in [0.05, 0.1) is 11.9 Å². The summed E-state index contributed by atoms with van der Waals surface area (Å²) in [5, 5.41) is 9.90. The molecule has 0 radical (unpaired) electrons. The van der Waals surface area contributed by atoms with Crippen molar-refractivity contribution < 1.29 is 0 Å². The van der Waals surface area contributed by atoms with Crippen LogP contribution in [0.1, 0.15) is 5.56 Å². The molecule has 3 heteroatoms. The third kappa shape index (κ3) is 2.84. The summed E-state index contributed by atoms with van der Waals surface area (Å²) in [5.74, 6) is 0. The van der Waals surface area contributed by atoms with Crippen LogP contribution in [0.2, 0.25) is 5.02 Å². The molecule has 0 spiro atoms. The van der Waals surface area contributed by atoms with E-state index in [-0.39, 0.29) is 0 Å². The Bertz CT molecular complexity index is 1000. The maximum Gasteiger partial charge on any atom is 0.0576 e. The van der Waals surface area contributed by atoms with Crippen molar-refractivity contribution in [1.82, 2.24) is 0 Å². The molecule has 4 aromatic carbocycles. The Labute approximate surface area is 145 Å². The standard InChI is InChI=1S/C21H15ClN2/c22-17-8-5-9-18(13-17)24-23-14-21-19-10-3-1-6-15(19)12-16-7-2-4-11-20(16)21/h1-14,24H/b23-14-. The molecule has 0 unspecified atom stereocenters. The van der Waals surface area contributed by atoms with Crippen LogP contribution in [0, 0.1) is 0 Å². The molecule has 0 atom stereocenters. The van der Waals surface area contributed by atoms with E-state index in [1.54, 1.807) is 0 Å². The molecule has 24 heavy (non-hydrogen) atoms. The minimum Gasteiger partial charge on any atom is -0.278 e. The normalized spacial score (nSPS) is 11.4. The predicted octanol–water partition coefficient (Wildman–Crippen LogP) is 6.09. The van der Waals surface area contributed by atoms with Crippen LogP contribution in [0.4, 0.5) is 5.69 Å². The van der Waals surface area contributed by atoms with Crippen molar-refractivity contribution in [3.05, 3.63) is 89.4 Å². The molecule has 0 amide bonds. The number of halogens is 1. The second-order valence-electron chi connectivity index (χ2n) is 5.61.